The van der Waals surface area contributed by atoms with Gasteiger partial charge in [-0.25, -0.2) is 4.79 Å². The number of benzene rings is 3. The lowest BCUT2D eigenvalue weighted by Gasteiger charge is -2.05. The van der Waals surface area contributed by atoms with Crippen molar-refractivity contribution in [3.05, 3.63) is 82.8 Å². The minimum absolute atomic E-state index is 0.217. The molecule has 0 aliphatic rings. The molecule has 3 nitrogen and oxygen atoms in total. The number of rotatable bonds is 3. The summed E-state index contributed by atoms with van der Waals surface area (Å²) in [6, 6.07) is 22.9. The van der Waals surface area contributed by atoms with Crippen molar-refractivity contribution in [2.75, 3.05) is 0 Å². The lowest BCUT2D eigenvalue weighted by Crippen LogP contribution is -1.97. The number of hydrogen-bond acceptors (Lipinski definition) is 2. The maximum absolute atomic E-state index is 11.8. The number of halogens is 1. The van der Waals surface area contributed by atoms with Gasteiger partial charge in [-0.05, 0) is 17.7 Å². The van der Waals surface area contributed by atoms with E-state index in [1.165, 1.54) is 0 Å². The Labute approximate surface area is 152 Å². The zero-order valence-corrected chi connectivity index (χ0v) is 14.7. The van der Waals surface area contributed by atoms with Gasteiger partial charge in [0.05, 0.1) is 5.56 Å². The minimum atomic E-state index is -0.983. The van der Waals surface area contributed by atoms with Crippen LogP contribution < -0.4 is 0 Å². The van der Waals surface area contributed by atoms with Gasteiger partial charge in [-0.2, -0.15) is 0 Å². The van der Waals surface area contributed by atoms with Gasteiger partial charge in [-0.1, -0.05) is 76.6 Å². The van der Waals surface area contributed by atoms with Gasteiger partial charge < -0.3 is 9.52 Å². The highest BCUT2D eigenvalue weighted by Gasteiger charge is 2.23. The molecule has 0 atom stereocenters. The topological polar surface area (TPSA) is 50.4 Å². The molecule has 0 fully saturated rings. The Balaban J connectivity index is 2.16. The van der Waals surface area contributed by atoms with Gasteiger partial charge >= 0.3 is 5.97 Å². The monoisotopic (exact) mass is 392 g/mol. The fourth-order valence-electron chi connectivity index (χ4n) is 3.04. The van der Waals surface area contributed by atoms with Crippen LogP contribution in [0.3, 0.4) is 0 Å². The molecule has 0 aliphatic heterocycles. The van der Waals surface area contributed by atoms with Crippen LogP contribution in [0, 0.1) is 0 Å². The van der Waals surface area contributed by atoms with Crippen molar-refractivity contribution in [1.82, 2.24) is 0 Å². The van der Waals surface area contributed by atoms with Gasteiger partial charge in [-0.15, -0.1) is 0 Å². The van der Waals surface area contributed by atoms with E-state index in [0.29, 0.717) is 21.2 Å². The predicted octanol–water partition coefficient (Wildman–Crippen LogP) is 6.23. The molecule has 1 heterocycles. The van der Waals surface area contributed by atoms with Crippen LogP contribution in [-0.4, -0.2) is 11.1 Å². The normalized spacial score (nSPS) is 10.9. The van der Waals surface area contributed by atoms with E-state index in [0.717, 1.165) is 16.7 Å². The van der Waals surface area contributed by atoms with Crippen molar-refractivity contribution in [2.45, 2.75) is 0 Å². The molecule has 4 heteroatoms. The molecule has 0 amide bonds. The number of carboxylic acids is 1. The Bertz CT molecular complexity index is 1070. The van der Waals surface area contributed by atoms with Crippen LogP contribution in [0.1, 0.15) is 10.4 Å². The molecule has 25 heavy (non-hydrogen) atoms. The lowest BCUT2D eigenvalue weighted by molar-refractivity contribution is 0.0699. The van der Waals surface area contributed by atoms with Gasteiger partial charge in [-0.3, -0.25) is 0 Å². The summed E-state index contributed by atoms with van der Waals surface area (Å²) in [4.78, 5) is 11.8. The van der Waals surface area contributed by atoms with Crippen molar-refractivity contribution in [2.24, 2.45) is 0 Å². The highest BCUT2D eigenvalue weighted by molar-refractivity contribution is 9.10. The maximum atomic E-state index is 11.8. The van der Waals surface area contributed by atoms with Crippen LogP contribution in [0.25, 0.3) is 33.4 Å². The maximum Gasteiger partial charge on any atom is 0.336 e. The summed E-state index contributed by atoms with van der Waals surface area (Å²) < 4.78 is 6.79. The first-order valence-electron chi connectivity index (χ1n) is 7.75. The Morgan fingerprint density at radius 2 is 1.48 bits per heavy atom. The summed E-state index contributed by atoms with van der Waals surface area (Å²) in [5.41, 5.74) is 3.39. The van der Waals surface area contributed by atoms with E-state index in [1.807, 2.05) is 60.7 Å². The second kappa shape index (κ2) is 6.22. The number of fused-ring (bicyclic) bond motifs is 1. The van der Waals surface area contributed by atoms with Crippen molar-refractivity contribution in [3.63, 3.8) is 0 Å². The Kier molecular flexibility index (Phi) is 3.90. The summed E-state index contributed by atoms with van der Waals surface area (Å²) >= 11 is 3.37. The molecule has 0 aliphatic carbocycles. The average molecular weight is 393 g/mol. The number of aromatic carboxylic acids is 1. The molecular formula is C21H13BrO3. The third kappa shape index (κ3) is 2.75. The van der Waals surface area contributed by atoms with E-state index < -0.39 is 5.97 Å². The Hall–Kier alpha value is -2.85. The molecule has 4 rings (SSSR count). The zero-order valence-electron chi connectivity index (χ0n) is 13.1. The summed E-state index contributed by atoms with van der Waals surface area (Å²) in [7, 11) is 0. The number of carboxylic acid groups (broad SMARTS) is 1. The van der Waals surface area contributed by atoms with Crippen LogP contribution in [0.2, 0.25) is 0 Å². The van der Waals surface area contributed by atoms with Gasteiger partial charge in [0.1, 0.15) is 11.3 Å². The highest BCUT2D eigenvalue weighted by atomic mass is 79.9. The van der Waals surface area contributed by atoms with Gasteiger partial charge in [0.25, 0.3) is 0 Å². The first-order chi connectivity index (χ1) is 12.1. The Morgan fingerprint density at radius 3 is 2.08 bits per heavy atom. The summed E-state index contributed by atoms with van der Waals surface area (Å²) in [5, 5.41) is 10.3. The van der Waals surface area contributed by atoms with Gasteiger partial charge in [0, 0.05) is 21.0 Å². The molecule has 0 spiro atoms. The average Bonchev–Trinajstić information content (AvgIpc) is 3.01. The van der Waals surface area contributed by atoms with E-state index in [9.17, 15) is 9.90 Å². The molecule has 0 radical (unpaired) electrons. The van der Waals surface area contributed by atoms with Crippen LogP contribution in [0.4, 0.5) is 0 Å². The van der Waals surface area contributed by atoms with Crippen LogP contribution in [-0.2, 0) is 0 Å². The third-order valence-corrected chi connectivity index (χ3v) is 4.54. The van der Waals surface area contributed by atoms with E-state index in [-0.39, 0.29) is 5.56 Å². The summed E-state index contributed by atoms with van der Waals surface area (Å²) in [6.07, 6.45) is 0. The number of hydrogen-bond donors (Lipinski definition) is 1. The molecule has 0 saturated carbocycles. The Morgan fingerprint density at radius 1 is 0.880 bits per heavy atom. The molecule has 1 N–H and O–H groups in total. The minimum Gasteiger partial charge on any atom is -0.478 e. The number of furan rings is 1. The van der Waals surface area contributed by atoms with Crippen molar-refractivity contribution in [3.8, 4) is 22.5 Å². The van der Waals surface area contributed by atoms with Crippen molar-refractivity contribution in [1.29, 1.82) is 0 Å². The predicted molar refractivity (Wildman–Crippen MR) is 102 cm³/mol. The molecule has 0 bridgehead atoms. The SMILES string of the molecule is O=C(O)c1cc(Br)cc2oc(-c3ccccc3)c(-c3ccccc3)c12. The largest absolute Gasteiger partial charge is 0.478 e. The van der Waals surface area contributed by atoms with Crippen molar-refractivity contribution < 1.29 is 14.3 Å². The zero-order chi connectivity index (χ0) is 17.4. The second-order valence-electron chi connectivity index (χ2n) is 5.67. The van der Waals surface area contributed by atoms with Crippen LogP contribution in [0.5, 0.6) is 0 Å². The van der Waals surface area contributed by atoms with Gasteiger partial charge in [0.2, 0.25) is 0 Å². The molecular weight excluding hydrogens is 380 g/mol. The fraction of sp³-hybridized carbons (Fsp3) is 0. The molecule has 3 aromatic carbocycles. The number of carbonyl (C=O) groups is 1. The summed E-state index contributed by atoms with van der Waals surface area (Å²) in [6.45, 7) is 0. The standard InChI is InChI=1S/C21H13BrO3/c22-15-11-16(21(23)24)19-17(12-15)25-20(14-9-5-2-6-10-14)18(19)13-7-3-1-4-8-13/h1-12H,(H,23,24). The molecule has 122 valence electrons. The fourth-order valence-corrected chi connectivity index (χ4v) is 3.47. The van der Waals surface area contributed by atoms with E-state index in [2.05, 4.69) is 15.9 Å². The smallest absolute Gasteiger partial charge is 0.336 e. The molecule has 0 unspecified atom stereocenters. The molecule has 0 saturated heterocycles. The molecule has 1 aromatic heterocycles. The summed E-state index contributed by atoms with van der Waals surface area (Å²) in [5.74, 6) is -0.314. The van der Waals surface area contributed by atoms with Crippen LogP contribution in [0.15, 0.2) is 81.7 Å². The third-order valence-electron chi connectivity index (χ3n) is 4.08. The van der Waals surface area contributed by atoms with E-state index >= 15 is 0 Å². The first-order valence-corrected chi connectivity index (χ1v) is 8.54. The first kappa shape index (κ1) is 15.7. The van der Waals surface area contributed by atoms with Crippen LogP contribution >= 0.6 is 15.9 Å². The van der Waals surface area contributed by atoms with Crippen molar-refractivity contribution >= 4 is 32.9 Å². The van der Waals surface area contributed by atoms with E-state index in [4.69, 9.17) is 4.42 Å². The van der Waals surface area contributed by atoms with Gasteiger partial charge in [0.15, 0.2) is 0 Å². The lowest BCUT2D eigenvalue weighted by atomic mass is 9.96. The van der Waals surface area contributed by atoms with E-state index in [1.54, 1.807) is 12.1 Å². The highest BCUT2D eigenvalue weighted by Crippen LogP contribution is 2.43. The second-order valence-corrected chi connectivity index (χ2v) is 6.59. The quantitative estimate of drug-likeness (QED) is 0.449. The molecule has 4 aromatic rings.